The third-order valence-corrected chi connectivity index (χ3v) is 2.25. The van der Waals surface area contributed by atoms with E-state index in [2.05, 4.69) is 55.7 Å². The van der Waals surface area contributed by atoms with E-state index in [0.29, 0.717) is 0 Å². The van der Waals surface area contributed by atoms with E-state index in [9.17, 15) is 0 Å². The van der Waals surface area contributed by atoms with Gasteiger partial charge >= 0.3 is 0 Å². The van der Waals surface area contributed by atoms with E-state index in [4.69, 9.17) is 0 Å². The largest absolute Gasteiger partial charge is 0.100 e. The minimum atomic E-state index is 1.000. The second-order valence-corrected chi connectivity index (χ2v) is 4.38. The van der Waals surface area contributed by atoms with Crippen LogP contribution >= 0.6 is 0 Å². The summed E-state index contributed by atoms with van der Waals surface area (Å²) in [5.74, 6) is 0. The molecule has 2 rings (SSSR count). The van der Waals surface area contributed by atoms with Crippen molar-refractivity contribution in [1.29, 1.82) is 0 Å². The first-order valence-electron chi connectivity index (χ1n) is 5.83. The van der Waals surface area contributed by atoms with Gasteiger partial charge in [-0.1, -0.05) is 60.7 Å². The molecule has 0 saturated heterocycles. The van der Waals surface area contributed by atoms with Gasteiger partial charge in [0.15, 0.2) is 0 Å². The van der Waals surface area contributed by atoms with E-state index in [1.165, 1.54) is 16.7 Å². The molecule has 1 aromatic rings. The van der Waals surface area contributed by atoms with Gasteiger partial charge < -0.3 is 0 Å². The van der Waals surface area contributed by atoms with E-state index in [0.717, 1.165) is 12.0 Å². The first kappa shape index (κ1) is 13.2. The lowest BCUT2D eigenvalue weighted by Crippen LogP contribution is -1.91. The fourth-order valence-corrected chi connectivity index (χ4v) is 1.55. The summed E-state index contributed by atoms with van der Waals surface area (Å²) in [5, 5.41) is 0. The van der Waals surface area contributed by atoms with Gasteiger partial charge in [0.1, 0.15) is 0 Å². The molecule has 0 nitrogen and oxygen atoms in total. The maximum absolute atomic E-state index is 4.04. The minimum Gasteiger partial charge on any atom is -0.100 e. The molecule has 0 atom stereocenters. The molecule has 0 radical (unpaired) electrons. The summed E-state index contributed by atoms with van der Waals surface area (Å²) in [6.45, 7) is 11.5. The van der Waals surface area contributed by atoms with Gasteiger partial charge in [0.25, 0.3) is 0 Å². The van der Waals surface area contributed by atoms with E-state index >= 15 is 0 Å². The Morgan fingerprint density at radius 2 is 1.76 bits per heavy atom. The minimum absolute atomic E-state index is 1.000. The smallest absolute Gasteiger partial charge is 0.00882 e. The van der Waals surface area contributed by atoms with Crippen LogP contribution in [0.25, 0.3) is 5.57 Å². The molecule has 1 aromatic carbocycles. The van der Waals surface area contributed by atoms with E-state index in [-0.39, 0.29) is 0 Å². The van der Waals surface area contributed by atoms with Crippen molar-refractivity contribution in [2.45, 2.75) is 20.3 Å². The maximum atomic E-state index is 4.04. The molecule has 1 aliphatic rings. The van der Waals surface area contributed by atoms with Crippen molar-refractivity contribution in [1.82, 2.24) is 0 Å². The highest BCUT2D eigenvalue weighted by Crippen LogP contribution is 2.20. The first-order valence-corrected chi connectivity index (χ1v) is 5.83. The van der Waals surface area contributed by atoms with Gasteiger partial charge in [0.2, 0.25) is 0 Å². The molecule has 0 fully saturated rings. The Morgan fingerprint density at radius 3 is 2.47 bits per heavy atom. The van der Waals surface area contributed by atoms with E-state index in [1.54, 1.807) is 0 Å². The van der Waals surface area contributed by atoms with Gasteiger partial charge in [-0.15, -0.1) is 6.58 Å². The Kier molecular flexibility index (Phi) is 5.22. The topological polar surface area (TPSA) is 0 Å². The van der Waals surface area contributed by atoms with Crippen molar-refractivity contribution >= 4 is 5.57 Å². The van der Waals surface area contributed by atoms with Crippen molar-refractivity contribution in [3.8, 4) is 0 Å². The Balaban J connectivity index is 0.000000317. The van der Waals surface area contributed by atoms with Crippen molar-refractivity contribution in [3.63, 3.8) is 0 Å². The third-order valence-electron chi connectivity index (χ3n) is 2.25. The van der Waals surface area contributed by atoms with Crippen LogP contribution < -0.4 is 0 Å². The molecule has 0 aromatic heterocycles. The molecule has 17 heavy (non-hydrogen) atoms. The molecule has 0 amide bonds. The summed E-state index contributed by atoms with van der Waals surface area (Å²) in [5.41, 5.74) is 4.89. The number of rotatable bonds is 0. The molecule has 0 spiro atoms. The van der Waals surface area contributed by atoms with Gasteiger partial charge in [-0.25, -0.2) is 0 Å². The molecule has 0 unspecified atom stereocenters. The molecule has 0 aliphatic heterocycles. The Hall–Kier alpha value is -1.82. The number of hydrogen-bond donors (Lipinski definition) is 0. The number of benzene rings is 1. The van der Waals surface area contributed by atoms with E-state index in [1.807, 2.05) is 19.9 Å². The van der Waals surface area contributed by atoms with Gasteiger partial charge in [-0.2, -0.15) is 0 Å². The van der Waals surface area contributed by atoms with Gasteiger partial charge in [-0.05, 0) is 37.0 Å². The Morgan fingerprint density at radius 1 is 1.12 bits per heavy atom. The predicted molar refractivity (Wildman–Crippen MR) is 77.9 cm³/mol. The van der Waals surface area contributed by atoms with Crippen molar-refractivity contribution in [3.05, 3.63) is 78.4 Å². The second-order valence-electron chi connectivity index (χ2n) is 4.38. The summed E-state index contributed by atoms with van der Waals surface area (Å²) in [6.07, 6.45) is 9.33. The summed E-state index contributed by atoms with van der Waals surface area (Å²) < 4.78 is 0. The van der Waals surface area contributed by atoms with Crippen LogP contribution in [0.4, 0.5) is 0 Å². The van der Waals surface area contributed by atoms with Gasteiger partial charge in [-0.3, -0.25) is 0 Å². The van der Waals surface area contributed by atoms with Gasteiger partial charge in [0.05, 0.1) is 0 Å². The molecule has 0 N–H and O–H groups in total. The van der Waals surface area contributed by atoms with Crippen LogP contribution in [0.5, 0.6) is 0 Å². The summed E-state index contributed by atoms with van der Waals surface area (Å²) in [7, 11) is 0. The molecular formula is C17H20. The van der Waals surface area contributed by atoms with Gasteiger partial charge in [0, 0.05) is 0 Å². The Labute approximate surface area is 105 Å². The van der Waals surface area contributed by atoms with Crippen molar-refractivity contribution in [2.75, 3.05) is 0 Å². The van der Waals surface area contributed by atoms with Crippen LogP contribution in [-0.4, -0.2) is 0 Å². The zero-order valence-corrected chi connectivity index (χ0v) is 10.7. The standard InChI is InChI=1S/C13H12.C4H8/c1-11-7-3-2-4-8-12-9-5-6-10-13(11)12;1-4(2)3/h2-7,9-10H,1,8H2;1H2,2-3H3/b4-2-,7-3-;. The summed E-state index contributed by atoms with van der Waals surface area (Å²) in [6, 6.07) is 8.42. The zero-order valence-electron chi connectivity index (χ0n) is 10.7. The normalized spacial score (nSPS) is 16.7. The lowest BCUT2D eigenvalue weighted by Gasteiger charge is -2.08. The molecule has 0 heteroatoms. The average molecular weight is 224 g/mol. The van der Waals surface area contributed by atoms with Crippen LogP contribution in [0, 0.1) is 0 Å². The fraction of sp³-hybridized carbons (Fsp3) is 0.176. The van der Waals surface area contributed by atoms with Crippen molar-refractivity contribution < 1.29 is 0 Å². The molecule has 0 bridgehead atoms. The molecule has 0 heterocycles. The highest BCUT2D eigenvalue weighted by atomic mass is 14.1. The highest BCUT2D eigenvalue weighted by Gasteiger charge is 2.02. The summed E-state index contributed by atoms with van der Waals surface area (Å²) >= 11 is 0. The molecule has 0 saturated carbocycles. The number of allylic oxidation sites excluding steroid dienone is 6. The Bertz CT molecular complexity index is 455. The SMILES string of the molecule is C=C(C)C.C=C1/C=C\C=C/Cc2ccccc21. The second kappa shape index (κ2) is 6.70. The van der Waals surface area contributed by atoms with Crippen LogP contribution in [0.15, 0.2) is 67.3 Å². The monoisotopic (exact) mass is 224 g/mol. The quantitative estimate of drug-likeness (QED) is 0.547. The lowest BCUT2D eigenvalue weighted by molar-refractivity contribution is 1.25. The third kappa shape index (κ3) is 4.69. The fourth-order valence-electron chi connectivity index (χ4n) is 1.55. The van der Waals surface area contributed by atoms with Crippen LogP contribution in [-0.2, 0) is 6.42 Å². The van der Waals surface area contributed by atoms with Crippen LogP contribution in [0.1, 0.15) is 25.0 Å². The predicted octanol–water partition coefficient (Wildman–Crippen LogP) is 4.95. The molecule has 1 aliphatic carbocycles. The lowest BCUT2D eigenvalue weighted by atomic mass is 9.97. The number of fused-ring (bicyclic) bond motifs is 1. The summed E-state index contributed by atoms with van der Waals surface area (Å²) in [4.78, 5) is 0. The number of hydrogen-bond acceptors (Lipinski definition) is 0. The highest BCUT2D eigenvalue weighted by molar-refractivity contribution is 5.75. The average Bonchev–Trinajstić information content (AvgIpc) is 2.25. The molecular weight excluding hydrogens is 204 g/mol. The van der Waals surface area contributed by atoms with Crippen LogP contribution in [0.2, 0.25) is 0 Å². The van der Waals surface area contributed by atoms with E-state index < -0.39 is 0 Å². The maximum Gasteiger partial charge on any atom is -0.00882 e. The zero-order chi connectivity index (χ0) is 12.7. The van der Waals surface area contributed by atoms with Crippen molar-refractivity contribution in [2.24, 2.45) is 0 Å². The first-order chi connectivity index (χ1) is 8.11. The van der Waals surface area contributed by atoms with Crippen LogP contribution in [0.3, 0.4) is 0 Å². The molecule has 88 valence electrons.